The Kier molecular flexibility index (Phi) is 5.50. The zero-order valence-corrected chi connectivity index (χ0v) is 9.94. The molecule has 0 aliphatic heterocycles. The maximum Gasteiger partial charge on any atom is 0.233 e. The van der Waals surface area contributed by atoms with E-state index in [0.717, 1.165) is 18.7 Å². The van der Waals surface area contributed by atoms with Crippen molar-refractivity contribution >= 4 is 0 Å². The van der Waals surface area contributed by atoms with Crippen LogP contribution >= 0.6 is 0 Å². The Morgan fingerprint density at radius 3 is 2.81 bits per heavy atom. The molecule has 88 valence electrons. The van der Waals surface area contributed by atoms with Crippen LogP contribution in [0.15, 0.2) is 24.8 Å². The van der Waals surface area contributed by atoms with Crippen molar-refractivity contribution in [3.8, 4) is 5.88 Å². The summed E-state index contributed by atoms with van der Waals surface area (Å²) in [5.41, 5.74) is 0.921. The lowest BCUT2D eigenvalue weighted by Crippen LogP contribution is -2.22. The maximum atomic E-state index is 5.36. The third kappa shape index (κ3) is 4.89. The van der Waals surface area contributed by atoms with Gasteiger partial charge in [0.2, 0.25) is 5.88 Å². The third-order valence-electron chi connectivity index (χ3n) is 1.96. The van der Waals surface area contributed by atoms with E-state index in [2.05, 4.69) is 35.9 Å². The Morgan fingerprint density at radius 1 is 1.44 bits per heavy atom. The van der Waals surface area contributed by atoms with E-state index in [9.17, 15) is 0 Å². The van der Waals surface area contributed by atoms with E-state index >= 15 is 0 Å². The first-order chi connectivity index (χ1) is 7.72. The van der Waals surface area contributed by atoms with Crippen LogP contribution in [0.3, 0.4) is 0 Å². The summed E-state index contributed by atoms with van der Waals surface area (Å²) in [7, 11) is 0. The molecule has 1 aromatic heterocycles. The summed E-state index contributed by atoms with van der Waals surface area (Å²) in [4.78, 5) is 0. The molecule has 0 amide bonds. The van der Waals surface area contributed by atoms with Crippen LogP contribution in [-0.2, 0) is 6.54 Å². The van der Waals surface area contributed by atoms with Crippen molar-refractivity contribution in [2.75, 3.05) is 6.61 Å². The minimum Gasteiger partial charge on any atom is -0.476 e. The van der Waals surface area contributed by atoms with Gasteiger partial charge in [-0.3, -0.25) is 0 Å². The van der Waals surface area contributed by atoms with E-state index in [1.165, 1.54) is 0 Å². The predicted molar refractivity (Wildman–Crippen MR) is 64.3 cm³/mol. The Bertz CT molecular complexity index is 309. The lowest BCUT2D eigenvalue weighted by Gasteiger charge is -2.07. The highest BCUT2D eigenvalue weighted by Crippen LogP contribution is 2.05. The molecule has 1 aromatic rings. The Morgan fingerprint density at radius 2 is 2.25 bits per heavy atom. The van der Waals surface area contributed by atoms with Crippen molar-refractivity contribution < 1.29 is 4.74 Å². The normalized spacial score (nSPS) is 10.4. The third-order valence-corrected chi connectivity index (χ3v) is 1.96. The van der Waals surface area contributed by atoms with Gasteiger partial charge in [-0.25, -0.2) is 0 Å². The molecular weight excluding hydrogens is 202 g/mol. The lowest BCUT2D eigenvalue weighted by atomic mass is 10.3. The van der Waals surface area contributed by atoms with Gasteiger partial charge in [0.1, 0.15) is 0 Å². The molecule has 0 radical (unpaired) electrons. The zero-order valence-electron chi connectivity index (χ0n) is 9.94. The molecule has 0 aliphatic carbocycles. The molecule has 0 unspecified atom stereocenters. The minimum absolute atomic E-state index is 0.449. The van der Waals surface area contributed by atoms with Crippen LogP contribution in [0.4, 0.5) is 0 Å². The van der Waals surface area contributed by atoms with Crippen LogP contribution < -0.4 is 10.1 Å². The average Bonchev–Trinajstić information content (AvgIpc) is 2.28. The summed E-state index contributed by atoms with van der Waals surface area (Å²) in [6.45, 7) is 9.15. The summed E-state index contributed by atoms with van der Waals surface area (Å²) in [6.07, 6.45) is 2.63. The standard InChI is InChI=1S/C12H19N3O/c1-4-5-8-16-12-7-6-11(14-15-12)9-13-10(2)3/h4,6-7,10,13H,1,5,8-9H2,2-3H3. The van der Waals surface area contributed by atoms with Gasteiger partial charge in [0.15, 0.2) is 0 Å². The van der Waals surface area contributed by atoms with Crippen LogP contribution in [-0.4, -0.2) is 22.8 Å². The second-order valence-electron chi connectivity index (χ2n) is 3.82. The number of nitrogens with zero attached hydrogens (tertiary/aromatic N) is 2. The van der Waals surface area contributed by atoms with Gasteiger partial charge in [-0.1, -0.05) is 19.9 Å². The van der Waals surface area contributed by atoms with E-state index in [1.54, 1.807) is 0 Å². The average molecular weight is 221 g/mol. The van der Waals surface area contributed by atoms with Crippen molar-refractivity contribution in [1.82, 2.24) is 15.5 Å². The molecule has 0 atom stereocenters. The molecule has 4 heteroatoms. The monoisotopic (exact) mass is 221 g/mol. The molecule has 1 N–H and O–H groups in total. The quantitative estimate of drug-likeness (QED) is 0.564. The highest BCUT2D eigenvalue weighted by atomic mass is 16.5. The predicted octanol–water partition coefficient (Wildman–Crippen LogP) is 1.93. The Hall–Kier alpha value is -1.42. The van der Waals surface area contributed by atoms with Crippen molar-refractivity contribution in [2.45, 2.75) is 32.9 Å². The fraction of sp³-hybridized carbons (Fsp3) is 0.500. The highest BCUT2D eigenvalue weighted by molar-refractivity contribution is 5.11. The van der Waals surface area contributed by atoms with Crippen LogP contribution in [0.5, 0.6) is 5.88 Å². The number of hydrogen-bond acceptors (Lipinski definition) is 4. The first kappa shape index (κ1) is 12.6. The first-order valence-electron chi connectivity index (χ1n) is 5.52. The molecule has 0 saturated heterocycles. The summed E-state index contributed by atoms with van der Waals surface area (Å²) in [6, 6.07) is 4.21. The van der Waals surface area contributed by atoms with Crippen LogP contribution in [0.1, 0.15) is 26.0 Å². The van der Waals surface area contributed by atoms with E-state index in [4.69, 9.17) is 4.74 Å². The molecular formula is C12H19N3O. The van der Waals surface area contributed by atoms with Gasteiger partial charge in [-0.15, -0.1) is 11.7 Å². The number of aromatic nitrogens is 2. The second-order valence-corrected chi connectivity index (χ2v) is 3.82. The van der Waals surface area contributed by atoms with E-state index in [1.807, 2.05) is 18.2 Å². The first-order valence-corrected chi connectivity index (χ1v) is 5.52. The molecule has 1 heterocycles. The van der Waals surface area contributed by atoms with E-state index in [0.29, 0.717) is 18.5 Å². The van der Waals surface area contributed by atoms with Crippen LogP contribution in [0, 0.1) is 0 Å². The molecule has 0 bridgehead atoms. The number of rotatable bonds is 7. The summed E-state index contributed by atoms with van der Waals surface area (Å²) in [5.74, 6) is 0.565. The van der Waals surface area contributed by atoms with Gasteiger partial charge >= 0.3 is 0 Å². The number of hydrogen-bond donors (Lipinski definition) is 1. The Labute approximate surface area is 96.7 Å². The molecule has 16 heavy (non-hydrogen) atoms. The van der Waals surface area contributed by atoms with Crippen LogP contribution in [0.25, 0.3) is 0 Å². The molecule has 0 spiro atoms. The smallest absolute Gasteiger partial charge is 0.233 e. The minimum atomic E-state index is 0.449. The highest BCUT2D eigenvalue weighted by Gasteiger charge is 1.99. The van der Waals surface area contributed by atoms with Gasteiger partial charge in [-0.05, 0) is 12.5 Å². The van der Waals surface area contributed by atoms with Crippen molar-refractivity contribution in [1.29, 1.82) is 0 Å². The van der Waals surface area contributed by atoms with E-state index < -0.39 is 0 Å². The molecule has 0 saturated carbocycles. The van der Waals surface area contributed by atoms with Gasteiger partial charge < -0.3 is 10.1 Å². The second kappa shape index (κ2) is 6.95. The van der Waals surface area contributed by atoms with E-state index in [-0.39, 0.29) is 0 Å². The maximum absolute atomic E-state index is 5.36. The summed E-state index contributed by atoms with van der Waals surface area (Å²) >= 11 is 0. The van der Waals surface area contributed by atoms with Gasteiger partial charge in [-0.2, -0.15) is 5.10 Å². The van der Waals surface area contributed by atoms with Crippen molar-refractivity contribution in [3.63, 3.8) is 0 Å². The number of ether oxygens (including phenoxy) is 1. The van der Waals surface area contributed by atoms with Crippen molar-refractivity contribution in [2.24, 2.45) is 0 Å². The summed E-state index contributed by atoms with van der Waals surface area (Å²) < 4.78 is 5.36. The molecule has 0 aliphatic rings. The molecule has 0 fully saturated rings. The zero-order chi connectivity index (χ0) is 11.8. The SMILES string of the molecule is C=CCCOc1ccc(CNC(C)C)nn1. The number of nitrogens with one attached hydrogen (secondary N) is 1. The fourth-order valence-corrected chi connectivity index (χ4v) is 1.07. The van der Waals surface area contributed by atoms with Gasteiger partial charge in [0.25, 0.3) is 0 Å². The van der Waals surface area contributed by atoms with Gasteiger partial charge in [0.05, 0.1) is 12.3 Å². The lowest BCUT2D eigenvalue weighted by molar-refractivity contribution is 0.308. The summed E-state index contributed by atoms with van der Waals surface area (Å²) in [5, 5.41) is 11.3. The van der Waals surface area contributed by atoms with Crippen LogP contribution in [0.2, 0.25) is 0 Å². The molecule has 0 aromatic carbocycles. The largest absolute Gasteiger partial charge is 0.476 e. The van der Waals surface area contributed by atoms with Crippen molar-refractivity contribution in [3.05, 3.63) is 30.5 Å². The molecule has 1 rings (SSSR count). The topological polar surface area (TPSA) is 47.0 Å². The molecule has 4 nitrogen and oxygen atoms in total. The fourth-order valence-electron chi connectivity index (χ4n) is 1.07. The van der Waals surface area contributed by atoms with Gasteiger partial charge in [0, 0.05) is 18.7 Å². The Balaban J connectivity index is 2.38.